The largest absolute Gasteiger partial charge is 0.480 e. The first-order chi connectivity index (χ1) is 12.1. The number of rotatable bonds is 7. The lowest BCUT2D eigenvalue weighted by molar-refractivity contribution is -0.137. The third-order valence-corrected chi connectivity index (χ3v) is 4.18. The second-order valence-electron chi connectivity index (χ2n) is 6.23. The van der Waals surface area contributed by atoms with Crippen molar-refractivity contribution < 1.29 is 9.90 Å². The highest BCUT2D eigenvalue weighted by atomic mass is 16.4. The van der Waals surface area contributed by atoms with Gasteiger partial charge in [-0.15, -0.1) is 5.10 Å². The fraction of sp³-hybridized carbons (Fsp3) is 0.400. The highest BCUT2D eigenvalue weighted by Crippen LogP contribution is 2.34. The normalized spacial score (nSPS) is 15.2. The van der Waals surface area contributed by atoms with Crippen molar-refractivity contribution in [3.8, 4) is 0 Å². The lowest BCUT2D eigenvalue weighted by atomic mass is 10.2. The van der Waals surface area contributed by atoms with E-state index >= 15 is 0 Å². The van der Waals surface area contributed by atoms with Crippen LogP contribution < -0.4 is 10.6 Å². The van der Waals surface area contributed by atoms with Gasteiger partial charge in [0.15, 0.2) is 5.82 Å². The maximum Gasteiger partial charge on any atom is 0.325 e. The second kappa shape index (κ2) is 6.04. The number of H-pyrrole nitrogens is 1. The first-order valence-corrected chi connectivity index (χ1v) is 8.09. The minimum absolute atomic E-state index is 0.253. The van der Waals surface area contributed by atoms with Gasteiger partial charge < -0.3 is 20.7 Å². The molecule has 0 aliphatic heterocycles. The Kier molecular flexibility index (Phi) is 3.71. The van der Waals surface area contributed by atoms with Crippen molar-refractivity contribution in [2.24, 2.45) is 5.92 Å². The first kappa shape index (κ1) is 15.4. The molecular formula is C15H18N8O2. The molecule has 0 unspecified atom stereocenters. The van der Waals surface area contributed by atoms with Crippen molar-refractivity contribution in [1.82, 2.24) is 29.9 Å². The van der Waals surface area contributed by atoms with Crippen LogP contribution in [0.1, 0.15) is 19.8 Å². The van der Waals surface area contributed by atoms with Crippen LogP contribution in [0.25, 0.3) is 11.0 Å². The number of aliphatic carboxylic acids is 1. The standard InChI is InChI=1S/C15H18N8O2/c1-8(9-2-3-9)17-14-10-4-5-16-13(10)19-15(20-14)18-11-6-23(22-21-11)7-12(24)25/h4-6,8-9H,2-3,7H2,1H3,(H,24,25)(H3,16,17,18,19,20)/t8-/m1/s1. The number of aromatic amines is 1. The lowest BCUT2D eigenvalue weighted by Gasteiger charge is -2.15. The summed E-state index contributed by atoms with van der Waals surface area (Å²) in [6.45, 7) is 1.90. The SMILES string of the molecule is C[C@@H](Nc1nc(Nc2cn(CC(=O)O)nn2)nc2[nH]ccc12)C1CC1. The van der Waals surface area contributed by atoms with Crippen molar-refractivity contribution in [1.29, 1.82) is 0 Å². The molecule has 25 heavy (non-hydrogen) atoms. The minimum atomic E-state index is -0.985. The number of nitrogens with zero attached hydrogens (tertiary/aromatic N) is 5. The molecule has 1 aliphatic rings. The predicted octanol–water partition coefficient (Wildman–Crippen LogP) is 1.59. The van der Waals surface area contributed by atoms with E-state index in [9.17, 15) is 4.79 Å². The van der Waals surface area contributed by atoms with Crippen molar-refractivity contribution >= 4 is 34.6 Å². The van der Waals surface area contributed by atoms with Gasteiger partial charge in [0.25, 0.3) is 0 Å². The van der Waals surface area contributed by atoms with Gasteiger partial charge in [-0.1, -0.05) is 5.21 Å². The zero-order valence-corrected chi connectivity index (χ0v) is 13.6. The van der Waals surface area contributed by atoms with Crippen molar-refractivity contribution in [3.05, 3.63) is 18.5 Å². The highest BCUT2D eigenvalue weighted by molar-refractivity contribution is 5.88. The molecule has 0 amide bonds. The quantitative estimate of drug-likeness (QED) is 0.508. The van der Waals surface area contributed by atoms with E-state index < -0.39 is 5.97 Å². The van der Waals surface area contributed by atoms with Crippen LogP contribution >= 0.6 is 0 Å². The van der Waals surface area contributed by atoms with Gasteiger partial charge in [0.2, 0.25) is 5.95 Å². The molecule has 4 rings (SSSR count). The van der Waals surface area contributed by atoms with Gasteiger partial charge in [0.05, 0.1) is 11.6 Å². The topological polar surface area (TPSA) is 134 Å². The molecule has 1 fully saturated rings. The molecule has 4 N–H and O–H groups in total. The van der Waals surface area contributed by atoms with Crippen molar-refractivity contribution in [2.45, 2.75) is 32.4 Å². The average molecular weight is 342 g/mol. The molecule has 10 heteroatoms. The molecule has 10 nitrogen and oxygen atoms in total. The summed E-state index contributed by atoms with van der Waals surface area (Å²) in [5.74, 6) is 1.21. The van der Waals surface area contributed by atoms with Crippen LogP contribution in [-0.4, -0.2) is 47.1 Å². The van der Waals surface area contributed by atoms with Gasteiger partial charge in [0, 0.05) is 12.2 Å². The van der Waals surface area contributed by atoms with Crippen LogP contribution in [-0.2, 0) is 11.3 Å². The predicted molar refractivity (Wildman–Crippen MR) is 90.6 cm³/mol. The monoisotopic (exact) mass is 342 g/mol. The molecule has 3 aromatic rings. The molecule has 0 bridgehead atoms. The van der Waals surface area contributed by atoms with E-state index in [1.165, 1.54) is 23.7 Å². The number of carboxylic acids is 1. The molecule has 0 spiro atoms. The molecule has 0 radical (unpaired) electrons. The van der Waals surface area contributed by atoms with E-state index in [4.69, 9.17) is 5.11 Å². The second-order valence-corrected chi connectivity index (χ2v) is 6.23. The molecule has 0 saturated heterocycles. The summed E-state index contributed by atoms with van der Waals surface area (Å²) in [4.78, 5) is 22.8. The summed E-state index contributed by atoms with van der Waals surface area (Å²) in [7, 11) is 0. The number of anilines is 3. The molecule has 130 valence electrons. The van der Waals surface area contributed by atoms with E-state index in [1.807, 2.05) is 12.3 Å². The third-order valence-electron chi connectivity index (χ3n) is 4.18. The zero-order valence-electron chi connectivity index (χ0n) is 13.6. The van der Waals surface area contributed by atoms with E-state index in [2.05, 4.69) is 42.8 Å². The first-order valence-electron chi connectivity index (χ1n) is 8.09. The molecule has 1 saturated carbocycles. The Balaban J connectivity index is 1.58. The Labute approximate surface area is 142 Å². The number of carbonyl (C=O) groups is 1. The number of hydrogen-bond acceptors (Lipinski definition) is 7. The minimum Gasteiger partial charge on any atom is -0.480 e. The van der Waals surface area contributed by atoms with Gasteiger partial charge in [-0.05, 0) is 31.7 Å². The van der Waals surface area contributed by atoms with Gasteiger partial charge in [-0.25, -0.2) is 4.68 Å². The Morgan fingerprint density at radius 1 is 1.48 bits per heavy atom. The summed E-state index contributed by atoms with van der Waals surface area (Å²) >= 11 is 0. The average Bonchev–Trinajstić information content (AvgIpc) is 3.16. The Morgan fingerprint density at radius 3 is 3.08 bits per heavy atom. The maximum atomic E-state index is 10.7. The summed E-state index contributed by atoms with van der Waals surface area (Å²) in [5, 5.41) is 23.8. The number of hydrogen-bond donors (Lipinski definition) is 4. The summed E-state index contributed by atoms with van der Waals surface area (Å²) in [5.41, 5.74) is 0.709. The number of fused-ring (bicyclic) bond motifs is 1. The molecule has 1 atom stereocenters. The smallest absolute Gasteiger partial charge is 0.325 e. The lowest BCUT2D eigenvalue weighted by Crippen LogP contribution is -2.18. The Morgan fingerprint density at radius 2 is 2.32 bits per heavy atom. The van der Waals surface area contributed by atoms with Gasteiger partial charge in [-0.3, -0.25) is 4.79 Å². The van der Waals surface area contributed by atoms with E-state index in [1.54, 1.807) is 0 Å². The fourth-order valence-corrected chi connectivity index (χ4v) is 2.72. The molecule has 3 heterocycles. The molecule has 1 aliphatic carbocycles. The Bertz CT molecular complexity index is 913. The van der Waals surface area contributed by atoms with Crippen molar-refractivity contribution in [2.75, 3.05) is 10.6 Å². The fourth-order valence-electron chi connectivity index (χ4n) is 2.72. The summed E-state index contributed by atoms with van der Waals surface area (Å²) < 4.78 is 1.23. The molecule has 0 aromatic carbocycles. The van der Waals surface area contributed by atoms with E-state index in [0.29, 0.717) is 29.4 Å². The van der Waals surface area contributed by atoms with Gasteiger partial charge in [-0.2, -0.15) is 9.97 Å². The van der Waals surface area contributed by atoms with Crippen LogP contribution in [0.15, 0.2) is 18.5 Å². The zero-order chi connectivity index (χ0) is 17.4. The van der Waals surface area contributed by atoms with Crippen molar-refractivity contribution in [3.63, 3.8) is 0 Å². The van der Waals surface area contributed by atoms with E-state index in [-0.39, 0.29) is 6.54 Å². The van der Waals surface area contributed by atoms with Crippen LogP contribution in [0.2, 0.25) is 0 Å². The van der Waals surface area contributed by atoms with E-state index in [0.717, 1.165) is 11.2 Å². The maximum absolute atomic E-state index is 10.7. The Hall–Kier alpha value is -3.17. The van der Waals surface area contributed by atoms with Gasteiger partial charge >= 0.3 is 5.97 Å². The number of aromatic nitrogens is 6. The number of nitrogens with one attached hydrogen (secondary N) is 3. The van der Waals surface area contributed by atoms with Crippen LogP contribution in [0.4, 0.5) is 17.6 Å². The van der Waals surface area contributed by atoms with Crippen LogP contribution in [0.5, 0.6) is 0 Å². The van der Waals surface area contributed by atoms with Crippen LogP contribution in [0.3, 0.4) is 0 Å². The summed E-state index contributed by atoms with van der Waals surface area (Å²) in [6, 6.07) is 2.28. The highest BCUT2D eigenvalue weighted by Gasteiger charge is 2.28. The van der Waals surface area contributed by atoms with Gasteiger partial charge in [0.1, 0.15) is 18.0 Å². The third kappa shape index (κ3) is 3.37. The molecular weight excluding hydrogens is 324 g/mol. The molecule has 3 aromatic heterocycles. The summed E-state index contributed by atoms with van der Waals surface area (Å²) in [6.07, 6.45) is 5.80. The van der Waals surface area contributed by atoms with Crippen LogP contribution in [0, 0.1) is 5.92 Å². The number of carboxylic acid groups (broad SMARTS) is 1.